The number of guanidine groups is 1. The molecule has 0 bridgehead atoms. The predicted molar refractivity (Wildman–Crippen MR) is 129 cm³/mol. The Morgan fingerprint density at radius 1 is 1.14 bits per heavy atom. The van der Waals surface area contributed by atoms with Gasteiger partial charge in [-0.25, -0.2) is 0 Å². The van der Waals surface area contributed by atoms with E-state index in [9.17, 15) is 4.79 Å². The average Bonchev–Trinajstić information content (AvgIpc) is 2.63. The van der Waals surface area contributed by atoms with Crippen LogP contribution >= 0.6 is 39.9 Å². The van der Waals surface area contributed by atoms with E-state index in [-0.39, 0.29) is 36.0 Å². The number of nitrogens with zero attached hydrogens (tertiary/aromatic N) is 1. The van der Waals surface area contributed by atoms with Crippen LogP contribution < -0.4 is 21.1 Å². The summed E-state index contributed by atoms with van der Waals surface area (Å²) in [5.41, 5.74) is 7.36. The Bertz CT molecular complexity index is 765. The van der Waals surface area contributed by atoms with Crippen LogP contribution in [0.3, 0.4) is 0 Å². The van der Waals surface area contributed by atoms with E-state index in [1.807, 2.05) is 50.2 Å². The lowest BCUT2D eigenvalue weighted by molar-refractivity contribution is 0.0953. The summed E-state index contributed by atoms with van der Waals surface area (Å²) in [6, 6.07) is 14.8. The van der Waals surface area contributed by atoms with Gasteiger partial charge in [-0.15, -0.1) is 24.0 Å². The summed E-state index contributed by atoms with van der Waals surface area (Å²) in [5.74, 6) is 1.06. The fourth-order valence-electron chi connectivity index (χ4n) is 2.26. The van der Waals surface area contributed by atoms with E-state index in [1.165, 1.54) is 0 Å². The van der Waals surface area contributed by atoms with E-state index in [1.54, 1.807) is 12.1 Å². The van der Waals surface area contributed by atoms with Gasteiger partial charge >= 0.3 is 0 Å². The summed E-state index contributed by atoms with van der Waals surface area (Å²) >= 11 is 3.35. The number of benzene rings is 2. The summed E-state index contributed by atoms with van der Waals surface area (Å²) < 4.78 is 6.54. The van der Waals surface area contributed by atoms with E-state index < -0.39 is 0 Å². The average molecular weight is 561 g/mol. The number of anilines is 1. The minimum atomic E-state index is -0.0960. The van der Waals surface area contributed by atoms with E-state index >= 15 is 0 Å². The molecule has 0 aliphatic heterocycles. The first kappa shape index (κ1) is 24.2. The molecule has 0 heterocycles. The van der Waals surface area contributed by atoms with Gasteiger partial charge in [-0.3, -0.25) is 9.79 Å². The van der Waals surface area contributed by atoms with Crippen molar-refractivity contribution in [3.63, 3.8) is 0 Å². The number of amides is 1. The molecule has 0 aliphatic rings. The van der Waals surface area contributed by atoms with Crippen molar-refractivity contribution in [1.82, 2.24) is 5.32 Å². The number of hydrogen-bond donors (Lipinski definition) is 3. The molecule has 0 fully saturated rings. The first-order valence-electron chi connectivity index (χ1n) is 8.81. The molecule has 2 aromatic rings. The number of hydrogen-bond acceptors (Lipinski definition) is 3. The second kappa shape index (κ2) is 12.6. The van der Waals surface area contributed by atoms with Crippen LogP contribution in [0.2, 0.25) is 0 Å². The number of carbonyl (C=O) groups is 1. The molecular weight excluding hydrogens is 535 g/mol. The molecular formula is C20H26BrIN4O2. The molecule has 0 aromatic heterocycles. The molecule has 0 radical (unpaired) electrons. The summed E-state index contributed by atoms with van der Waals surface area (Å²) in [6.07, 6.45) is 0.839. The number of halogens is 2. The molecule has 0 aliphatic carbocycles. The normalized spacial score (nSPS) is 10.9. The van der Waals surface area contributed by atoms with Crippen molar-refractivity contribution in [2.24, 2.45) is 10.7 Å². The van der Waals surface area contributed by atoms with Gasteiger partial charge in [0, 0.05) is 28.8 Å². The molecule has 28 heavy (non-hydrogen) atoms. The lowest BCUT2D eigenvalue weighted by Gasteiger charge is -2.11. The number of nitrogens with two attached hydrogens (primary N) is 1. The Morgan fingerprint density at radius 2 is 1.79 bits per heavy atom. The van der Waals surface area contributed by atoms with E-state index in [0.29, 0.717) is 31.0 Å². The van der Waals surface area contributed by atoms with Crippen LogP contribution in [-0.4, -0.2) is 31.1 Å². The van der Waals surface area contributed by atoms with Crippen molar-refractivity contribution in [2.75, 3.05) is 18.4 Å². The number of carbonyl (C=O) groups excluding carboxylic acids is 1. The van der Waals surface area contributed by atoms with Gasteiger partial charge in [0.1, 0.15) is 5.75 Å². The lowest BCUT2D eigenvalue weighted by Crippen LogP contribution is -2.26. The molecule has 8 heteroatoms. The van der Waals surface area contributed by atoms with E-state index in [0.717, 1.165) is 15.9 Å². The van der Waals surface area contributed by atoms with Crippen molar-refractivity contribution in [3.8, 4) is 5.75 Å². The quantitative estimate of drug-likeness (QED) is 0.193. The Kier molecular flexibility index (Phi) is 10.9. The molecule has 0 spiro atoms. The summed E-state index contributed by atoms with van der Waals surface area (Å²) in [7, 11) is 0. The molecule has 6 nitrogen and oxygen atoms in total. The standard InChI is InChI=1S/C20H25BrN4O2.HI/c1-14(2)27-18-10-8-17(9-11-18)25-20(22)24-13-3-12-23-19(26)15-4-6-16(21)7-5-15;/h4-11,14H,3,12-13H2,1-2H3,(H,23,26)(H3,22,24,25);1H. The van der Waals surface area contributed by atoms with Gasteiger partial charge in [0.15, 0.2) is 5.96 Å². The third-order valence-electron chi connectivity index (χ3n) is 3.51. The van der Waals surface area contributed by atoms with Crippen molar-refractivity contribution < 1.29 is 9.53 Å². The van der Waals surface area contributed by atoms with Crippen molar-refractivity contribution >= 4 is 57.5 Å². The van der Waals surface area contributed by atoms with Gasteiger partial charge in [0.2, 0.25) is 0 Å². The Balaban J connectivity index is 0.00000392. The zero-order chi connectivity index (χ0) is 19.6. The maximum atomic E-state index is 12.0. The minimum Gasteiger partial charge on any atom is -0.491 e. The van der Waals surface area contributed by atoms with Gasteiger partial charge in [0.25, 0.3) is 5.91 Å². The first-order chi connectivity index (χ1) is 12.9. The topological polar surface area (TPSA) is 88.7 Å². The molecule has 0 saturated heterocycles. The second-order valence-corrected chi connectivity index (χ2v) is 7.11. The summed E-state index contributed by atoms with van der Waals surface area (Å²) in [4.78, 5) is 16.2. The van der Waals surface area contributed by atoms with Crippen LogP contribution in [0.4, 0.5) is 5.69 Å². The Labute approximate surface area is 191 Å². The number of ether oxygens (including phenoxy) is 1. The van der Waals surface area contributed by atoms with Crippen LogP contribution in [0.5, 0.6) is 5.75 Å². The molecule has 0 unspecified atom stereocenters. The van der Waals surface area contributed by atoms with E-state index in [2.05, 4.69) is 31.6 Å². The van der Waals surface area contributed by atoms with Crippen LogP contribution in [0.25, 0.3) is 0 Å². The van der Waals surface area contributed by atoms with Crippen molar-refractivity contribution in [2.45, 2.75) is 26.4 Å². The number of rotatable bonds is 8. The van der Waals surface area contributed by atoms with Crippen LogP contribution in [0.15, 0.2) is 58.0 Å². The van der Waals surface area contributed by atoms with Crippen molar-refractivity contribution in [1.29, 1.82) is 0 Å². The molecule has 152 valence electrons. The zero-order valence-corrected chi connectivity index (χ0v) is 19.9. The van der Waals surface area contributed by atoms with Gasteiger partial charge in [0.05, 0.1) is 6.10 Å². The van der Waals surface area contributed by atoms with Gasteiger partial charge < -0.3 is 21.1 Å². The Morgan fingerprint density at radius 3 is 2.39 bits per heavy atom. The second-order valence-electron chi connectivity index (χ2n) is 6.20. The SMILES string of the molecule is CC(C)Oc1ccc(NC(N)=NCCCNC(=O)c2ccc(Br)cc2)cc1.I. The maximum Gasteiger partial charge on any atom is 0.251 e. The molecule has 2 aromatic carbocycles. The first-order valence-corrected chi connectivity index (χ1v) is 9.61. The highest BCUT2D eigenvalue weighted by Crippen LogP contribution is 2.16. The minimum absolute atomic E-state index is 0. The lowest BCUT2D eigenvalue weighted by atomic mass is 10.2. The van der Waals surface area contributed by atoms with Crippen molar-refractivity contribution in [3.05, 3.63) is 58.6 Å². The smallest absolute Gasteiger partial charge is 0.251 e. The summed E-state index contributed by atoms with van der Waals surface area (Å²) in [5, 5.41) is 5.90. The van der Waals surface area contributed by atoms with Crippen LogP contribution in [0, 0.1) is 0 Å². The molecule has 4 N–H and O–H groups in total. The van der Waals surface area contributed by atoms with Crippen LogP contribution in [0.1, 0.15) is 30.6 Å². The third kappa shape index (κ3) is 8.92. The molecule has 1 amide bonds. The van der Waals surface area contributed by atoms with Gasteiger partial charge in [-0.1, -0.05) is 15.9 Å². The van der Waals surface area contributed by atoms with Gasteiger partial charge in [-0.05, 0) is 68.8 Å². The number of aliphatic imine (C=N–C) groups is 1. The fourth-order valence-corrected chi connectivity index (χ4v) is 2.52. The highest BCUT2D eigenvalue weighted by Gasteiger charge is 2.04. The number of nitrogens with one attached hydrogen (secondary N) is 2. The zero-order valence-electron chi connectivity index (χ0n) is 15.9. The summed E-state index contributed by atoms with van der Waals surface area (Å²) in [6.45, 7) is 5.02. The largest absolute Gasteiger partial charge is 0.491 e. The fraction of sp³-hybridized carbons (Fsp3) is 0.300. The highest BCUT2D eigenvalue weighted by molar-refractivity contribution is 14.0. The van der Waals surface area contributed by atoms with Gasteiger partial charge in [-0.2, -0.15) is 0 Å². The molecule has 0 saturated carbocycles. The third-order valence-corrected chi connectivity index (χ3v) is 4.04. The monoisotopic (exact) mass is 560 g/mol. The Hall–Kier alpha value is -1.81. The van der Waals surface area contributed by atoms with Crippen LogP contribution in [-0.2, 0) is 0 Å². The maximum absolute atomic E-state index is 12.0. The predicted octanol–water partition coefficient (Wildman–Crippen LogP) is 4.40. The molecule has 0 atom stereocenters. The highest BCUT2D eigenvalue weighted by atomic mass is 127. The molecule has 2 rings (SSSR count). The van der Waals surface area contributed by atoms with E-state index in [4.69, 9.17) is 10.5 Å².